The standard InChI is InChI=1S/C25H28N6O.C3H8O2/c26-24-20-11-12-31(25(20)29-15-28-24)23-10-8-19(32-23)7-4-16-3-5-18-6-9-22(30-21(18)13-16)27-14-17-1-2-17;1-3(2,4)5/h3,5-6,9,11-13,15,17,19,23H,1-2,4,7-8,10,14H2,(H,27,30)(H2,26,28,29);4-5H,1-2H3. The number of nitrogens with zero attached hydrogens (tertiary/aromatic N) is 4. The first-order valence-electron chi connectivity index (χ1n) is 13.0. The van der Waals surface area contributed by atoms with Crippen LogP contribution in [-0.4, -0.2) is 48.2 Å². The van der Waals surface area contributed by atoms with E-state index in [1.54, 1.807) is 0 Å². The van der Waals surface area contributed by atoms with Gasteiger partial charge in [-0.1, -0.05) is 12.1 Å². The largest absolute Gasteiger partial charge is 0.383 e. The summed E-state index contributed by atoms with van der Waals surface area (Å²) in [5.41, 5.74) is 9.19. The summed E-state index contributed by atoms with van der Waals surface area (Å²) in [7, 11) is 0. The maximum absolute atomic E-state index is 8.08. The Morgan fingerprint density at radius 2 is 1.86 bits per heavy atom. The molecule has 0 bridgehead atoms. The number of nitrogen functional groups attached to an aromatic ring is 1. The van der Waals surface area contributed by atoms with E-state index in [1.165, 1.54) is 44.0 Å². The first-order valence-corrected chi connectivity index (χ1v) is 13.0. The van der Waals surface area contributed by atoms with Crippen molar-refractivity contribution < 1.29 is 14.9 Å². The lowest BCUT2D eigenvalue weighted by Gasteiger charge is -2.16. The number of anilines is 2. The molecule has 1 aliphatic carbocycles. The molecule has 5 N–H and O–H groups in total. The Hall–Kier alpha value is -3.27. The Kier molecular flexibility index (Phi) is 7.28. The number of aromatic nitrogens is 4. The van der Waals surface area contributed by atoms with Crippen LogP contribution >= 0.6 is 0 Å². The molecule has 2 fully saturated rings. The van der Waals surface area contributed by atoms with E-state index < -0.39 is 5.79 Å². The van der Waals surface area contributed by atoms with Crippen LogP contribution in [0.15, 0.2) is 48.9 Å². The number of ether oxygens (including phenoxy) is 1. The van der Waals surface area contributed by atoms with Crippen LogP contribution in [0.4, 0.5) is 11.6 Å². The van der Waals surface area contributed by atoms with Crippen LogP contribution in [0.5, 0.6) is 0 Å². The molecule has 9 nitrogen and oxygen atoms in total. The molecule has 1 saturated heterocycles. The van der Waals surface area contributed by atoms with E-state index >= 15 is 0 Å². The van der Waals surface area contributed by atoms with E-state index in [0.29, 0.717) is 5.82 Å². The average Bonchev–Trinajstić information content (AvgIpc) is 3.38. The van der Waals surface area contributed by atoms with Gasteiger partial charge in [0, 0.05) is 18.1 Å². The molecule has 196 valence electrons. The quantitative estimate of drug-likeness (QED) is 0.272. The van der Waals surface area contributed by atoms with Crippen molar-refractivity contribution in [1.82, 2.24) is 19.5 Å². The molecule has 4 heterocycles. The van der Waals surface area contributed by atoms with E-state index in [4.69, 9.17) is 25.7 Å². The Labute approximate surface area is 216 Å². The van der Waals surface area contributed by atoms with Gasteiger partial charge in [-0.15, -0.1) is 0 Å². The number of rotatable bonds is 7. The van der Waals surface area contributed by atoms with Gasteiger partial charge < -0.3 is 30.6 Å². The number of pyridine rings is 1. The molecule has 2 atom stereocenters. The molecule has 1 aliphatic heterocycles. The second-order valence-electron chi connectivity index (χ2n) is 10.6. The van der Waals surface area contributed by atoms with Gasteiger partial charge >= 0.3 is 0 Å². The highest BCUT2D eigenvalue weighted by atomic mass is 16.5. The molecule has 1 aromatic carbocycles. The van der Waals surface area contributed by atoms with Crippen molar-refractivity contribution in [3.8, 4) is 0 Å². The van der Waals surface area contributed by atoms with Gasteiger partial charge in [0.25, 0.3) is 0 Å². The fourth-order valence-corrected chi connectivity index (χ4v) is 4.64. The van der Waals surface area contributed by atoms with Crippen LogP contribution in [0.2, 0.25) is 0 Å². The number of hydrogen-bond acceptors (Lipinski definition) is 8. The third-order valence-corrected chi connectivity index (χ3v) is 6.72. The zero-order chi connectivity index (χ0) is 26.0. The van der Waals surface area contributed by atoms with Crippen LogP contribution in [0.25, 0.3) is 21.9 Å². The van der Waals surface area contributed by atoms with Crippen molar-refractivity contribution in [3.05, 3.63) is 54.5 Å². The van der Waals surface area contributed by atoms with Crippen molar-refractivity contribution in [2.75, 3.05) is 17.6 Å². The Morgan fingerprint density at radius 3 is 2.65 bits per heavy atom. The zero-order valence-corrected chi connectivity index (χ0v) is 21.5. The van der Waals surface area contributed by atoms with E-state index in [0.717, 1.165) is 60.5 Å². The van der Waals surface area contributed by atoms with Crippen LogP contribution in [0.1, 0.15) is 57.7 Å². The Bertz CT molecular complexity index is 1360. The second kappa shape index (κ2) is 10.6. The number of aryl methyl sites for hydroxylation is 1. The number of aliphatic hydroxyl groups is 2. The molecule has 6 rings (SSSR count). The third-order valence-electron chi connectivity index (χ3n) is 6.72. The number of benzene rings is 1. The van der Waals surface area contributed by atoms with Gasteiger partial charge in [0.2, 0.25) is 0 Å². The summed E-state index contributed by atoms with van der Waals surface area (Å²) in [6, 6.07) is 12.8. The molecular formula is C28H36N6O3. The van der Waals surface area contributed by atoms with Gasteiger partial charge in [-0.3, -0.25) is 0 Å². The third kappa shape index (κ3) is 6.74. The highest BCUT2D eigenvalue weighted by molar-refractivity contribution is 5.86. The van der Waals surface area contributed by atoms with Crippen molar-refractivity contribution in [3.63, 3.8) is 0 Å². The smallest absolute Gasteiger partial charge is 0.156 e. The van der Waals surface area contributed by atoms with Crippen molar-refractivity contribution in [2.45, 2.75) is 70.5 Å². The lowest BCUT2D eigenvalue weighted by atomic mass is 10.0. The van der Waals surface area contributed by atoms with E-state index in [9.17, 15) is 0 Å². The number of nitrogens with two attached hydrogens (primary N) is 1. The Morgan fingerprint density at radius 1 is 1.08 bits per heavy atom. The van der Waals surface area contributed by atoms with E-state index in [1.807, 2.05) is 12.3 Å². The molecular weight excluding hydrogens is 468 g/mol. The fourth-order valence-electron chi connectivity index (χ4n) is 4.64. The van der Waals surface area contributed by atoms with Crippen LogP contribution in [0, 0.1) is 5.92 Å². The lowest BCUT2D eigenvalue weighted by molar-refractivity contribution is -0.127. The van der Waals surface area contributed by atoms with Crippen molar-refractivity contribution in [1.29, 1.82) is 0 Å². The zero-order valence-electron chi connectivity index (χ0n) is 21.5. The second-order valence-corrected chi connectivity index (χ2v) is 10.6. The van der Waals surface area contributed by atoms with Crippen molar-refractivity contribution in [2.24, 2.45) is 5.92 Å². The van der Waals surface area contributed by atoms with Crippen molar-refractivity contribution >= 4 is 33.6 Å². The monoisotopic (exact) mass is 504 g/mol. The summed E-state index contributed by atoms with van der Waals surface area (Å²) in [5, 5.41) is 21.7. The summed E-state index contributed by atoms with van der Waals surface area (Å²) >= 11 is 0. The lowest BCUT2D eigenvalue weighted by Crippen LogP contribution is -2.15. The molecule has 3 aromatic heterocycles. The highest BCUT2D eigenvalue weighted by Gasteiger charge is 2.27. The van der Waals surface area contributed by atoms with Crippen LogP contribution in [-0.2, 0) is 11.2 Å². The average molecular weight is 505 g/mol. The fraction of sp³-hybridized carbons (Fsp3) is 0.464. The maximum atomic E-state index is 8.08. The number of fused-ring (bicyclic) bond motifs is 2. The minimum atomic E-state index is -1.50. The topological polar surface area (TPSA) is 131 Å². The van der Waals surface area contributed by atoms with E-state index in [2.05, 4.69) is 50.2 Å². The SMILES string of the molecule is CC(C)(O)O.Nc1ncnc2c1ccn2C1CCC(CCc2ccc3ccc(NCC4CC4)nc3c2)O1. The van der Waals surface area contributed by atoms with Gasteiger partial charge in [-0.2, -0.15) is 0 Å². The minimum Gasteiger partial charge on any atom is -0.383 e. The number of hydrogen-bond donors (Lipinski definition) is 4. The Balaban J connectivity index is 0.000000514. The molecule has 0 radical (unpaired) electrons. The minimum absolute atomic E-state index is 0.00479. The molecule has 1 saturated carbocycles. The molecule has 37 heavy (non-hydrogen) atoms. The van der Waals surface area contributed by atoms with Gasteiger partial charge in [0.1, 0.15) is 29.8 Å². The molecule has 2 aliphatic rings. The van der Waals surface area contributed by atoms with Crippen LogP contribution < -0.4 is 11.1 Å². The molecule has 0 amide bonds. The van der Waals surface area contributed by atoms with Crippen LogP contribution in [0.3, 0.4) is 0 Å². The van der Waals surface area contributed by atoms with Gasteiger partial charge in [0.15, 0.2) is 5.79 Å². The molecule has 4 aromatic rings. The highest BCUT2D eigenvalue weighted by Crippen LogP contribution is 2.34. The van der Waals surface area contributed by atoms with Gasteiger partial charge in [0.05, 0.1) is 17.0 Å². The summed E-state index contributed by atoms with van der Waals surface area (Å²) in [6.07, 6.45) is 10.5. The predicted octanol–water partition coefficient (Wildman–Crippen LogP) is 4.40. The molecule has 0 spiro atoms. The maximum Gasteiger partial charge on any atom is 0.156 e. The number of nitrogens with one attached hydrogen (secondary N) is 1. The summed E-state index contributed by atoms with van der Waals surface area (Å²) in [5.74, 6) is 0.828. The first kappa shape index (κ1) is 25.4. The molecule has 2 unspecified atom stereocenters. The normalized spacial score (nSPS) is 19.7. The van der Waals surface area contributed by atoms with E-state index in [-0.39, 0.29) is 12.3 Å². The summed E-state index contributed by atoms with van der Waals surface area (Å²) < 4.78 is 8.47. The summed E-state index contributed by atoms with van der Waals surface area (Å²) in [6.45, 7) is 3.63. The summed E-state index contributed by atoms with van der Waals surface area (Å²) in [4.78, 5) is 13.3. The van der Waals surface area contributed by atoms with Gasteiger partial charge in [-0.05, 0) is 88.1 Å². The predicted molar refractivity (Wildman–Crippen MR) is 145 cm³/mol. The molecule has 9 heteroatoms. The van der Waals surface area contributed by atoms with Gasteiger partial charge in [-0.25, -0.2) is 15.0 Å². The first-order chi connectivity index (χ1) is 17.7.